The van der Waals surface area contributed by atoms with Crippen LogP contribution in [0.5, 0.6) is 0 Å². The molecular weight excluding hydrogens is 266 g/mol. The SMILES string of the molecule is Cn1c(/C=N\N)ccc1-c1ccc(Br)cc1. The Morgan fingerprint density at radius 3 is 2.50 bits per heavy atom. The lowest BCUT2D eigenvalue weighted by Gasteiger charge is -2.05. The van der Waals surface area contributed by atoms with Gasteiger partial charge in [-0.2, -0.15) is 5.10 Å². The molecule has 2 N–H and O–H groups in total. The van der Waals surface area contributed by atoms with Crippen molar-refractivity contribution in [1.29, 1.82) is 0 Å². The summed E-state index contributed by atoms with van der Waals surface area (Å²) in [6, 6.07) is 12.2. The van der Waals surface area contributed by atoms with Crippen LogP contribution < -0.4 is 5.84 Å². The number of halogens is 1. The predicted molar refractivity (Wildman–Crippen MR) is 70.3 cm³/mol. The van der Waals surface area contributed by atoms with Gasteiger partial charge in [-0.05, 0) is 29.8 Å². The summed E-state index contributed by atoms with van der Waals surface area (Å²) in [7, 11) is 1.99. The quantitative estimate of drug-likeness (QED) is 0.512. The van der Waals surface area contributed by atoms with Crippen LogP contribution in [0, 0.1) is 0 Å². The molecule has 0 aliphatic rings. The van der Waals surface area contributed by atoms with Gasteiger partial charge in [-0.15, -0.1) is 0 Å². The summed E-state index contributed by atoms with van der Waals surface area (Å²) in [5, 5.41) is 3.53. The van der Waals surface area contributed by atoms with Gasteiger partial charge in [-0.25, -0.2) is 0 Å². The van der Waals surface area contributed by atoms with Crippen LogP contribution in [0.2, 0.25) is 0 Å². The van der Waals surface area contributed by atoms with Crippen molar-refractivity contribution < 1.29 is 0 Å². The highest BCUT2D eigenvalue weighted by atomic mass is 79.9. The average Bonchev–Trinajstić information content (AvgIpc) is 2.63. The first kappa shape index (κ1) is 11.0. The zero-order chi connectivity index (χ0) is 11.5. The van der Waals surface area contributed by atoms with Gasteiger partial charge in [0, 0.05) is 17.2 Å². The minimum Gasteiger partial charge on any atom is -0.343 e. The maximum atomic E-state index is 5.15. The van der Waals surface area contributed by atoms with Crippen LogP contribution >= 0.6 is 15.9 Å². The Kier molecular flexibility index (Phi) is 3.10. The third-order valence-electron chi connectivity index (χ3n) is 2.51. The summed E-state index contributed by atoms with van der Waals surface area (Å²) in [5.41, 5.74) is 3.30. The third-order valence-corrected chi connectivity index (χ3v) is 3.04. The molecule has 0 fully saturated rings. The van der Waals surface area contributed by atoms with Crippen molar-refractivity contribution in [3.63, 3.8) is 0 Å². The van der Waals surface area contributed by atoms with Gasteiger partial charge in [0.25, 0.3) is 0 Å². The second-order valence-corrected chi connectivity index (χ2v) is 4.40. The molecule has 0 amide bonds. The van der Waals surface area contributed by atoms with Crippen molar-refractivity contribution in [3.05, 3.63) is 46.6 Å². The molecule has 2 rings (SSSR count). The molecule has 0 spiro atoms. The molecule has 0 bridgehead atoms. The molecule has 4 heteroatoms. The van der Waals surface area contributed by atoms with E-state index >= 15 is 0 Å². The second kappa shape index (κ2) is 4.53. The molecular formula is C12H12BrN3. The Bertz CT molecular complexity index is 512. The van der Waals surface area contributed by atoms with E-state index in [-0.39, 0.29) is 0 Å². The molecule has 0 saturated heterocycles. The van der Waals surface area contributed by atoms with Crippen LogP contribution in [-0.4, -0.2) is 10.8 Å². The fourth-order valence-corrected chi connectivity index (χ4v) is 1.91. The summed E-state index contributed by atoms with van der Waals surface area (Å²) in [6.45, 7) is 0. The van der Waals surface area contributed by atoms with Crippen LogP contribution in [-0.2, 0) is 7.05 Å². The van der Waals surface area contributed by atoms with E-state index in [2.05, 4.69) is 43.8 Å². The van der Waals surface area contributed by atoms with Crippen molar-refractivity contribution >= 4 is 22.1 Å². The minimum atomic E-state index is 0.986. The van der Waals surface area contributed by atoms with Gasteiger partial charge in [-0.1, -0.05) is 28.1 Å². The smallest absolute Gasteiger partial charge is 0.0702 e. The maximum absolute atomic E-state index is 5.15. The number of benzene rings is 1. The molecule has 0 radical (unpaired) electrons. The van der Waals surface area contributed by atoms with Crippen LogP contribution in [0.3, 0.4) is 0 Å². The number of nitrogens with zero attached hydrogens (tertiary/aromatic N) is 2. The first-order chi connectivity index (χ1) is 7.72. The van der Waals surface area contributed by atoms with Gasteiger partial charge in [0.15, 0.2) is 0 Å². The summed E-state index contributed by atoms with van der Waals surface area (Å²) < 4.78 is 3.13. The summed E-state index contributed by atoms with van der Waals surface area (Å²) in [5.74, 6) is 5.15. The minimum absolute atomic E-state index is 0.986. The van der Waals surface area contributed by atoms with E-state index in [0.717, 1.165) is 15.9 Å². The van der Waals surface area contributed by atoms with Crippen LogP contribution in [0.15, 0.2) is 46.0 Å². The number of nitrogens with two attached hydrogens (primary N) is 1. The number of hydrogen-bond donors (Lipinski definition) is 1. The molecule has 16 heavy (non-hydrogen) atoms. The highest BCUT2D eigenvalue weighted by molar-refractivity contribution is 9.10. The van der Waals surface area contributed by atoms with E-state index in [9.17, 15) is 0 Å². The molecule has 0 aliphatic heterocycles. The van der Waals surface area contributed by atoms with Gasteiger partial charge in [0.2, 0.25) is 0 Å². The Balaban J connectivity index is 2.44. The van der Waals surface area contributed by atoms with Crippen molar-refractivity contribution in [2.24, 2.45) is 18.0 Å². The molecule has 0 atom stereocenters. The lowest BCUT2D eigenvalue weighted by molar-refractivity contribution is 0.926. The summed E-state index contributed by atoms with van der Waals surface area (Å²) >= 11 is 3.42. The molecule has 0 aliphatic carbocycles. The zero-order valence-electron chi connectivity index (χ0n) is 8.89. The molecule has 82 valence electrons. The monoisotopic (exact) mass is 277 g/mol. The lowest BCUT2D eigenvalue weighted by atomic mass is 10.1. The topological polar surface area (TPSA) is 43.3 Å². The summed E-state index contributed by atoms with van der Waals surface area (Å²) in [4.78, 5) is 0. The number of rotatable bonds is 2. The van der Waals surface area contributed by atoms with Gasteiger partial charge in [0.05, 0.1) is 11.9 Å². The van der Waals surface area contributed by atoms with E-state index in [1.807, 2.05) is 25.2 Å². The van der Waals surface area contributed by atoms with Crippen molar-refractivity contribution in [3.8, 4) is 11.3 Å². The number of aromatic nitrogens is 1. The standard InChI is InChI=1S/C12H12BrN3/c1-16-11(8-15-14)6-7-12(16)9-2-4-10(13)5-3-9/h2-8H,14H2,1H3/b15-8-. The van der Waals surface area contributed by atoms with Crippen molar-refractivity contribution in [1.82, 2.24) is 4.57 Å². The Morgan fingerprint density at radius 2 is 1.88 bits per heavy atom. The molecule has 0 saturated carbocycles. The van der Waals surface area contributed by atoms with Crippen LogP contribution in [0.25, 0.3) is 11.3 Å². The summed E-state index contributed by atoms with van der Waals surface area (Å²) in [6.07, 6.45) is 1.64. The van der Waals surface area contributed by atoms with Gasteiger partial charge < -0.3 is 10.4 Å². The highest BCUT2D eigenvalue weighted by Gasteiger charge is 2.04. The van der Waals surface area contributed by atoms with E-state index < -0.39 is 0 Å². The fraction of sp³-hybridized carbons (Fsp3) is 0.0833. The average molecular weight is 278 g/mol. The maximum Gasteiger partial charge on any atom is 0.0702 e. The van der Waals surface area contributed by atoms with E-state index in [4.69, 9.17) is 5.84 Å². The Hall–Kier alpha value is -1.55. The fourth-order valence-electron chi connectivity index (χ4n) is 1.64. The van der Waals surface area contributed by atoms with Crippen LogP contribution in [0.4, 0.5) is 0 Å². The first-order valence-corrected chi connectivity index (χ1v) is 5.66. The first-order valence-electron chi connectivity index (χ1n) is 4.87. The molecule has 3 nitrogen and oxygen atoms in total. The van der Waals surface area contributed by atoms with Crippen molar-refractivity contribution in [2.75, 3.05) is 0 Å². The van der Waals surface area contributed by atoms with Gasteiger partial charge >= 0.3 is 0 Å². The largest absolute Gasteiger partial charge is 0.343 e. The lowest BCUT2D eigenvalue weighted by Crippen LogP contribution is -1.98. The molecule has 0 unspecified atom stereocenters. The van der Waals surface area contributed by atoms with Gasteiger partial charge in [0.1, 0.15) is 0 Å². The number of hydrazone groups is 1. The van der Waals surface area contributed by atoms with E-state index in [0.29, 0.717) is 0 Å². The number of hydrogen-bond acceptors (Lipinski definition) is 2. The normalized spacial score (nSPS) is 11.1. The molecule has 2 aromatic rings. The zero-order valence-corrected chi connectivity index (χ0v) is 10.5. The second-order valence-electron chi connectivity index (χ2n) is 3.49. The van der Waals surface area contributed by atoms with Gasteiger partial charge in [-0.3, -0.25) is 0 Å². The molecule has 1 aromatic heterocycles. The predicted octanol–water partition coefficient (Wildman–Crippen LogP) is 2.75. The molecule has 1 aromatic carbocycles. The highest BCUT2D eigenvalue weighted by Crippen LogP contribution is 2.22. The molecule has 1 heterocycles. The van der Waals surface area contributed by atoms with Crippen LogP contribution in [0.1, 0.15) is 5.69 Å². The Labute approximate surface area is 103 Å². The van der Waals surface area contributed by atoms with E-state index in [1.165, 1.54) is 5.56 Å². The third kappa shape index (κ3) is 2.02. The van der Waals surface area contributed by atoms with E-state index in [1.54, 1.807) is 6.21 Å². The Morgan fingerprint density at radius 1 is 1.19 bits per heavy atom. The van der Waals surface area contributed by atoms with Crippen molar-refractivity contribution in [2.45, 2.75) is 0 Å².